The van der Waals surface area contributed by atoms with Crippen LogP contribution in [0, 0.1) is 0 Å². The molecule has 0 aliphatic heterocycles. The second-order valence-corrected chi connectivity index (χ2v) is 4.74. The minimum absolute atomic E-state index is 0.0659. The van der Waals surface area contributed by atoms with Crippen molar-refractivity contribution in [1.29, 1.82) is 0 Å². The summed E-state index contributed by atoms with van der Waals surface area (Å²) in [6.07, 6.45) is -1.93. The highest BCUT2D eigenvalue weighted by molar-refractivity contribution is 9.10. The van der Waals surface area contributed by atoms with E-state index < -0.39 is 10.9 Å². The van der Waals surface area contributed by atoms with E-state index >= 15 is 0 Å². The van der Waals surface area contributed by atoms with Gasteiger partial charge in [0.2, 0.25) is 0 Å². The zero-order chi connectivity index (χ0) is 11.6. The Morgan fingerprint density at radius 3 is 2.53 bits per heavy atom. The largest absolute Gasteiger partial charge is 0.497 e. The number of methoxy groups -OCH3 is 1. The molecule has 1 rings (SSSR count). The fourth-order valence-corrected chi connectivity index (χ4v) is 1.74. The van der Waals surface area contributed by atoms with Gasteiger partial charge in [0, 0.05) is 10.0 Å². The summed E-state index contributed by atoms with van der Waals surface area (Å²) in [4.78, 5) is -3.37. The van der Waals surface area contributed by atoms with E-state index in [1.165, 1.54) is 19.2 Å². The highest BCUT2D eigenvalue weighted by Crippen LogP contribution is 2.40. The predicted octanol–water partition coefficient (Wildman–Crippen LogP) is 3.48. The van der Waals surface area contributed by atoms with Crippen LogP contribution < -0.4 is 4.74 Å². The Labute approximate surface area is 103 Å². The summed E-state index contributed by atoms with van der Waals surface area (Å²) in [5, 5.41) is 9.38. The Balaban J connectivity index is 3.12. The zero-order valence-electron chi connectivity index (χ0n) is 7.68. The first kappa shape index (κ1) is 12.9. The van der Waals surface area contributed by atoms with Gasteiger partial charge in [-0.05, 0) is 34.1 Å². The van der Waals surface area contributed by atoms with Crippen LogP contribution >= 0.6 is 31.9 Å². The fourth-order valence-electron chi connectivity index (χ4n) is 1.03. The van der Waals surface area contributed by atoms with Gasteiger partial charge >= 0.3 is 4.83 Å². The second kappa shape index (κ2) is 4.76. The molecule has 1 unspecified atom stereocenters. The molecule has 0 radical (unpaired) electrons. The van der Waals surface area contributed by atoms with E-state index in [9.17, 15) is 13.9 Å². The molecule has 0 saturated heterocycles. The minimum Gasteiger partial charge on any atom is -0.497 e. The summed E-state index contributed by atoms with van der Waals surface area (Å²) < 4.78 is 30.9. The average Bonchev–Trinajstić information content (AvgIpc) is 2.16. The number of aliphatic hydroxyl groups excluding tert-OH is 1. The Morgan fingerprint density at radius 2 is 2.07 bits per heavy atom. The molecule has 0 fully saturated rings. The van der Waals surface area contributed by atoms with Gasteiger partial charge in [0.15, 0.2) is 6.10 Å². The first-order chi connectivity index (χ1) is 6.86. The van der Waals surface area contributed by atoms with Crippen LogP contribution in [0.2, 0.25) is 0 Å². The van der Waals surface area contributed by atoms with Crippen LogP contribution in [0.5, 0.6) is 5.75 Å². The molecule has 2 nitrogen and oxygen atoms in total. The van der Waals surface area contributed by atoms with Crippen LogP contribution in [0.1, 0.15) is 11.7 Å². The molecule has 0 bridgehead atoms. The molecule has 0 amide bonds. The van der Waals surface area contributed by atoms with Crippen molar-refractivity contribution in [2.24, 2.45) is 0 Å². The van der Waals surface area contributed by atoms with Gasteiger partial charge < -0.3 is 9.84 Å². The first-order valence-electron chi connectivity index (χ1n) is 3.94. The smallest absolute Gasteiger partial charge is 0.330 e. The highest BCUT2D eigenvalue weighted by Gasteiger charge is 2.37. The fraction of sp³-hybridized carbons (Fsp3) is 0.333. The van der Waals surface area contributed by atoms with Gasteiger partial charge in [-0.15, -0.1) is 0 Å². The van der Waals surface area contributed by atoms with Crippen molar-refractivity contribution >= 4 is 31.9 Å². The lowest BCUT2D eigenvalue weighted by molar-refractivity contribution is -0.0299. The van der Waals surface area contributed by atoms with E-state index in [0.29, 0.717) is 10.2 Å². The average molecular weight is 346 g/mol. The van der Waals surface area contributed by atoms with Gasteiger partial charge in [0.1, 0.15) is 5.75 Å². The molecule has 84 valence electrons. The normalized spacial score (nSPS) is 13.7. The third-order valence-corrected chi connectivity index (χ3v) is 2.96. The Kier molecular flexibility index (Phi) is 4.08. The lowest BCUT2D eigenvalue weighted by Crippen LogP contribution is -2.18. The summed E-state index contributed by atoms with van der Waals surface area (Å²) in [5.74, 6) is 0.406. The van der Waals surface area contributed by atoms with Crippen molar-refractivity contribution < 1.29 is 18.6 Å². The van der Waals surface area contributed by atoms with Crippen LogP contribution in [0.15, 0.2) is 22.7 Å². The Hall–Kier alpha value is -0.200. The van der Waals surface area contributed by atoms with Crippen molar-refractivity contribution in [3.8, 4) is 5.75 Å². The summed E-state index contributed by atoms with van der Waals surface area (Å²) in [6, 6.07) is 4.49. The molecule has 15 heavy (non-hydrogen) atoms. The Bertz CT molecular complexity index is 352. The first-order valence-corrected chi connectivity index (χ1v) is 5.53. The van der Waals surface area contributed by atoms with Gasteiger partial charge in [-0.1, -0.05) is 15.9 Å². The second-order valence-electron chi connectivity index (χ2n) is 2.83. The molecule has 0 spiro atoms. The van der Waals surface area contributed by atoms with Crippen LogP contribution in [0.25, 0.3) is 0 Å². The van der Waals surface area contributed by atoms with E-state index in [1.54, 1.807) is 6.07 Å². The summed E-state index contributed by atoms with van der Waals surface area (Å²) in [6.45, 7) is 0. The minimum atomic E-state index is -3.37. The monoisotopic (exact) mass is 344 g/mol. The van der Waals surface area contributed by atoms with Crippen molar-refractivity contribution in [2.75, 3.05) is 7.11 Å². The maximum atomic E-state index is 12.8. The lowest BCUT2D eigenvalue weighted by atomic mass is 10.1. The molecule has 0 aliphatic carbocycles. The lowest BCUT2D eigenvalue weighted by Gasteiger charge is -2.18. The summed E-state index contributed by atoms with van der Waals surface area (Å²) in [7, 11) is 1.42. The van der Waals surface area contributed by atoms with Gasteiger partial charge in [-0.25, -0.2) is 0 Å². The SMILES string of the molecule is COc1ccc(Br)c(C(O)C(F)(F)Br)c1. The number of hydrogen-bond donors (Lipinski definition) is 1. The topological polar surface area (TPSA) is 29.5 Å². The third kappa shape index (κ3) is 3.12. The van der Waals surface area contributed by atoms with Crippen molar-refractivity contribution in [3.05, 3.63) is 28.2 Å². The standard InChI is InChI=1S/C9H8Br2F2O2/c1-15-5-2-3-7(10)6(4-5)8(14)9(11,12)13/h2-4,8,14H,1H3. The van der Waals surface area contributed by atoms with E-state index in [1.807, 2.05) is 0 Å². The highest BCUT2D eigenvalue weighted by atomic mass is 79.9. The number of ether oxygens (including phenoxy) is 1. The van der Waals surface area contributed by atoms with Crippen LogP contribution in [0.4, 0.5) is 8.78 Å². The van der Waals surface area contributed by atoms with Crippen molar-refractivity contribution in [1.82, 2.24) is 0 Å². The maximum absolute atomic E-state index is 12.8. The number of alkyl halides is 3. The third-order valence-electron chi connectivity index (χ3n) is 1.81. The molecule has 0 heterocycles. The number of hydrogen-bond acceptors (Lipinski definition) is 2. The van der Waals surface area contributed by atoms with Crippen molar-refractivity contribution in [3.63, 3.8) is 0 Å². The molecule has 0 aliphatic rings. The summed E-state index contributed by atoms with van der Waals surface area (Å²) in [5.41, 5.74) is 0.0659. The molecule has 6 heteroatoms. The number of benzene rings is 1. The van der Waals surface area contributed by atoms with Gasteiger partial charge in [0.25, 0.3) is 0 Å². The quantitative estimate of drug-likeness (QED) is 0.850. The Morgan fingerprint density at radius 1 is 1.47 bits per heavy atom. The van der Waals surface area contributed by atoms with Gasteiger partial charge in [-0.2, -0.15) is 8.78 Å². The van der Waals surface area contributed by atoms with Crippen LogP contribution in [-0.2, 0) is 0 Å². The van der Waals surface area contributed by atoms with E-state index in [4.69, 9.17) is 4.74 Å². The van der Waals surface area contributed by atoms with Gasteiger partial charge in [-0.3, -0.25) is 0 Å². The summed E-state index contributed by atoms with van der Waals surface area (Å²) >= 11 is 5.20. The molecule has 0 aromatic heterocycles. The molecule has 1 aromatic carbocycles. The maximum Gasteiger partial charge on any atom is 0.330 e. The molecule has 1 atom stereocenters. The van der Waals surface area contributed by atoms with E-state index in [0.717, 1.165) is 0 Å². The molecule has 1 aromatic rings. The number of halogens is 4. The van der Waals surface area contributed by atoms with E-state index in [2.05, 4.69) is 31.9 Å². The predicted molar refractivity (Wildman–Crippen MR) is 59.5 cm³/mol. The van der Waals surface area contributed by atoms with Crippen molar-refractivity contribution in [2.45, 2.75) is 10.9 Å². The van der Waals surface area contributed by atoms with E-state index in [-0.39, 0.29) is 5.56 Å². The van der Waals surface area contributed by atoms with Crippen LogP contribution in [-0.4, -0.2) is 17.0 Å². The molecular weight excluding hydrogens is 338 g/mol. The van der Waals surface area contributed by atoms with Gasteiger partial charge in [0.05, 0.1) is 7.11 Å². The molecule has 0 saturated carbocycles. The van der Waals surface area contributed by atoms with Crippen LogP contribution in [0.3, 0.4) is 0 Å². The molecule has 1 N–H and O–H groups in total. The number of aliphatic hydroxyl groups is 1. The zero-order valence-corrected chi connectivity index (χ0v) is 10.8. The molecular formula is C9H8Br2F2O2. The number of rotatable bonds is 3.